The zero-order valence-corrected chi connectivity index (χ0v) is 25.3. The Morgan fingerprint density at radius 2 is 1.63 bits per heavy atom. The SMILES string of the molecule is Cc1ccc(S(=O)(=O)N(CC(=O)N/N=C\c2ccc(OCc3cccc4ccccc34)cc2)c2cc(Cl)ccc2C)cc1. The fourth-order valence-electron chi connectivity index (χ4n) is 4.56. The first-order valence-corrected chi connectivity index (χ1v) is 15.4. The highest BCUT2D eigenvalue weighted by Gasteiger charge is 2.28. The molecule has 0 unspecified atom stereocenters. The third kappa shape index (κ3) is 7.23. The van der Waals surface area contributed by atoms with Gasteiger partial charge in [-0.15, -0.1) is 0 Å². The highest BCUT2D eigenvalue weighted by molar-refractivity contribution is 7.92. The van der Waals surface area contributed by atoms with Crippen LogP contribution in [0.2, 0.25) is 5.02 Å². The van der Waals surface area contributed by atoms with Gasteiger partial charge in [-0.1, -0.05) is 77.8 Å². The molecule has 0 spiro atoms. The van der Waals surface area contributed by atoms with E-state index < -0.39 is 22.5 Å². The second kappa shape index (κ2) is 13.1. The van der Waals surface area contributed by atoms with Crippen LogP contribution in [0.5, 0.6) is 5.75 Å². The number of rotatable bonds is 10. The third-order valence-corrected chi connectivity index (χ3v) is 8.90. The lowest BCUT2D eigenvalue weighted by Gasteiger charge is -2.25. The van der Waals surface area contributed by atoms with Crippen LogP contribution >= 0.6 is 11.6 Å². The van der Waals surface area contributed by atoms with E-state index in [9.17, 15) is 13.2 Å². The molecule has 0 aliphatic carbocycles. The van der Waals surface area contributed by atoms with Crippen LogP contribution in [-0.2, 0) is 21.4 Å². The lowest BCUT2D eigenvalue weighted by Crippen LogP contribution is -2.40. The molecule has 1 amide bonds. The Balaban J connectivity index is 1.25. The molecule has 5 rings (SSSR count). The standard InChI is InChI=1S/C34H30ClN3O4S/c1-24-10-18-31(19-11-24)43(40,41)38(33-20-29(35)15-12-25(33)2)22-34(39)37-36-21-26-13-16-30(17-14-26)42-23-28-8-5-7-27-6-3-4-9-32(27)28/h3-21H,22-23H2,1-2H3,(H,37,39)/b36-21-. The largest absolute Gasteiger partial charge is 0.489 e. The Morgan fingerprint density at radius 3 is 2.40 bits per heavy atom. The lowest BCUT2D eigenvalue weighted by molar-refractivity contribution is -0.119. The van der Waals surface area contributed by atoms with Gasteiger partial charge in [-0.05, 0) is 89.8 Å². The van der Waals surface area contributed by atoms with Gasteiger partial charge < -0.3 is 4.74 Å². The number of halogens is 1. The van der Waals surface area contributed by atoms with Crippen molar-refractivity contribution in [2.75, 3.05) is 10.8 Å². The molecule has 43 heavy (non-hydrogen) atoms. The average molecular weight is 612 g/mol. The summed E-state index contributed by atoms with van der Waals surface area (Å²) in [5.41, 5.74) is 6.14. The van der Waals surface area contributed by atoms with Crippen LogP contribution in [0.25, 0.3) is 10.8 Å². The number of carbonyl (C=O) groups is 1. The smallest absolute Gasteiger partial charge is 0.264 e. The highest BCUT2D eigenvalue weighted by Crippen LogP contribution is 2.29. The number of nitrogens with zero attached hydrogens (tertiary/aromatic N) is 2. The van der Waals surface area contributed by atoms with Gasteiger partial charge >= 0.3 is 0 Å². The van der Waals surface area contributed by atoms with Crippen molar-refractivity contribution < 1.29 is 17.9 Å². The van der Waals surface area contributed by atoms with E-state index in [1.165, 1.54) is 24.4 Å². The summed E-state index contributed by atoms with van der Waals surface area (Å²) in [6.45, 7) is 3.57. The first-order valence-electron chi connectivity index (χ1n) is 13.6. The van der Waals surface area contributed by atoms with Gasteiger partial charge in [0.1, 0.15) is 18.9 Å². The fourth-order valence-corrected chi connectivity index (χ4v) is 6.21. The molecule has 0 aliphatic rings. The predicted molar refractivity (Wildman–Crippen MR) is 172 cm³/mol. The molecule has 0 atom stereocenters. The van der Waals surface area contributed by atoms with Gasteiger partial charge in [-0.25, -0.2) is 13.8 Å². The maximum absolute atomic E-state index is 13.6. The van der Waals surface area contributed by atoms with Crippen molar-refractivity contribution in [3.63, 3.8) is 0 Å². The minimum atomic E-state index is -4.08. The van der Waals surface area contributed by atoms with Crippen molar-refractivity contribution in [3.05, 3.63) is 136 Å². The minimum Gasteiger partial charge on any atom is -0.489 e. The molecule has 0 saturated carbocycles. The van der Waals surface area contributed by atoms with Gasteiger partial charge in [0.15, 0.2) is 0 Å². The van der Waals surface area contributed by atoms with Crippen molar-refractivity contribution in [2.24, 2.45) is 5.10 Å². The molecule has 5 aromatic rings. The molecular weight excluding hydrogens is 582 g/mol. The van der Waals surface area contributed by atoms with Gasteiger partial charge in [0, 0.05) is 5.02 Å². The van der Waals surface area contributed by atoms with Crippen LogP contribution in [0.1, 0.15) is 22.3 Å². The molecule has 0 saturated heterocycles. The number of hydrazone groups is 1. The number of aryl methyl sites for hydroxylation is 2. The number of amides is 1. The topological polar surface area (TPSA) is 88.1 Å². The number of ether oxygens (including phenoxy) is 1. The summed E-state index contributed by atoms with van der Waals surface area (Å²) in [5, 5.41) is 6.71. The predicted octanol–water partition coefficient (Wildman–Crippen LogP) is 7.03. The number of nitrogens with one attached hydrogen (secondary N) is 1. The van der Waals surface area contributed by atoms with E-state index in [2.05, 4.69) is 28.7 Å². The summed E-state index contributed by atoms with van der Waals surface area (Å²) in [5.74, 6) is 0.0873. The molecule has 1 N–H and O–H groups in total. The van der Waals surface area contributed by atoms with E-state index in [4.69, 9.17) is 16.3 Å². The Labute approximate surface area is 256 Å². The zero-order valence-electron chi connectivity index (χ0n) is 23.7. The van der Waals surface area contributed by atoms with Crippen LogP contribution < -0.4 is 14.5 Å². The summed E-state index contributed by atoms with van der Waals surface area (Å²) in [6.07, 6.45) is 1.48. The number of benzene rings is 5. The molecule has 0 fully saturated rings. The number of carbonyl (C=O) groups excluding carboxylic acids is 1. The summed E-state index contributed by atoms with van der Waals surface area (Å²) >= 11 is 6.20. The normalized spacial score (nSPS) is 11.5. The van der Waals surface area contributed by atoms with Crippen LogP contribution in [0.4, 0.5) is 5.69 Å². The summed E-state index contributed by atoms with van der Waals surface area (Å²) in [6, 6.07) is 33.0. The molecule has 218 valence electrons. The first-order chi connectivity index (χ1) is 20.7. The van der Waals surface area contributed by atoms with E-state index in [-0.39, 0.29) is 4.90 Å². The number of anilines is 1. The number of sulfonamides is 1. The highest BCUT2D eigenvalue weighted by atomic mass is 35.5. The summed E-state index contributed by atoms with van der Waals surface area (Å²) < 4.78 is 34.3. The minimum absolute atomic E-state index is 0.0662. The van der Waals surface area contributed by atoms with E-state index in [1.54, 1.807) is 31.2 Å². The van der Waals surface area contributed by atoms with Crippen LogP contribution in [0.3, 0.4) is 0 Å². The van der Waals surface area contributed by atoms with Crippen molar-refractivity contribution in [1.82, 2.24) is 5.43 Å². The summed E-state index contributed by atoms with van der Waals surface area (Å²) in [7, 11) is -4.08. The lowest BCUT2D eigenvalue weighted by atomic mass is 10.1. The van der Waals surface area contributed by atoms with Gasteiger partial charge in [0.2, 0.25) is 0 Å². The van der Waals surface area contributed by atoms with Gasteiger partial charge in [0.25, 0.3) is 15.9 Å². The van der Waals surface area contributed by atoms with E-state index in [1.807, 2.05) is 55.5 Å². The zero-order chi connectivity index (χ0) is 30.4. The Hall–Kier alpha value is -4.66. The van der Waals surface area contributed by atoms with Crippen molar-refractivity contribution in [2.45, 2.75) is 25.3 Å². The van der Waals surface area contributed by atoms with Gasteiger partial charge in [0.05, 0.1) is 16.8 Å². The second-order valence-corrected chi connectivity index (χ2v) is 12.3. The van der Waals surface area contributed by atoms with Crippen LogP contribution in [-0.4, -0.2) is 27.1 Å². The fraction of sp³-hybridized carbons (Fsp3) is 0.118. The Kier molecular flexibility index (Phi) is 9.09. The van der Waals surface area contributed by atoms with Crippen molar-refractivity contribution >= 4 is 50.2 Å². The van der Waals surface area contributed by atoms with Gasteiger partial charge in [-0.3, -0.25) is 9.10 Å². The average Bonchev–Trinajstić information content (AvgIpc) is 3.01. The third-order valence-electron chi connectivity index (χ3n) is 6.89. The van der Waals surface area contributed by atoms with E-state index >= 15 is 0 Å². The number of hydrogen-bond acceptors (Lipinski definition) is 5. The monoisotopic (exact) mass is 611 g/mol. The molecular formula is C34H30ClN3O4S. The van der Waals surface area contributed by atoms with Crippen LogP contribution in [0.15, 0.2) is 119 Å². The van der Waals surface area contributed by atoms with Gasteiger partial charge in [-0.2, -0.15) is 5.10 Å². The van der Waals surface area contributed by atoms with E-state index in [0.29, 0.717) is 28.6 Å². The summed E-state index contributed by atoms with van der Waals surface area (Å²) in [4.78, 5) is 13.0. The molecule has 0 bridgehead atoms. The quantitative estimate of drug-likeness (QED) is 0.136. The maximum atomic E-state index is 13.6. The molecule has 0 aliphatic heterocycles. The second-order valence-electron chi connectivity index (χ2n) is 10.0. The van der Waals surface area contributed by atoms with Crippen LogP contribution in [0, 0.1) is 13.8 Å². The molecule has 0 radical (unpaired) electrons. The molecule has 0 aromatic heterocycles. The maximum Gasteiger partial charge on any atom is 0.264 e. The molecule has 0 heterocycles. The Bertz CT molecular complexity index is 1890. The molecule has 9 heteroatoms. The Morgan fingerprint density at radius 1 is 0.907 bits per heavy atom. The first kappa shape index (κ1) is 29.8. The number of fused-ring (bicyclic) bond motifs is 1. The van der Waals surface area contributed by atoms with E-state index in [0.717, 1.165) is 31.8 Å². The van der Waals surface area contributed by atoms with Crippen molar-refractivity contribution in [1.29, 1.82) is 0 Å². The molecule has 5 aromatic carbocycles. The number of hydrogen-bond donors (Lipinski definition) is 1. The molecule has 7 nitrogen and oxygen atoms in total. The van der Waals surface area contributed by atoms with Crippen molar-refractivity contribution in [3.8, 4) is 5.75 Å².